The first kappa shape index (κ1) is 30.1. The summed E-state index contributed by atoms with van der Waals surface area (Å²) in [7, 11) is 0. The number of para-hydroxylation sites is 1. The maximum absolute atomic E-state index is 2.49. The Morgan fingerprint density at radius 1 is 0.389 bits per heavy atom. The quantitative estimate of drug-likeness (QED) is 0.178. The Kier molecular flexibility index (Phi) is 5.68. The summed E-state index contributed by atoms with van der Waals surface area (Å²) < 4.78 is 2.49. The second-order valence-electron chi connectivity index (χ2n) is 16.5. The van der Waals surface area contributed by atoms with Crippen molar-refractivity contribution in [2.45, 2.75) is 38.5 Å². The van der Waals surface area contributed by atoms with Crippen LogP contribution in [0.25, 0.3) is 71.6 Å². The molecule has 0 aliphatic heterocycles. The third-order valence-electron chi connectivity index (χ3n) is 13.1. The van der Waals surface area contributed by atoms with Crippen LogP contribution >= 0.6 is 0 Å². The Morgan fingerprint density at radius 3 is 1.85 bits per heavy atom. The van der Waals surface area contributed by atoms with E-state index in [0.717, 1.165) is 17.1 Å². The molecule has 0 saturated heterocycles. The molecule has 3 aliphatic rings. The third-order valence-corrected chi connectivity index (χ3v) is 13.1. The number of fused-ring (bicyclic) bond motifs is 4. The number of benzene rings is 8. The van der Waals surface area contributed by atoms with Gasteiger partial charge in [-0.05, 0) is 127 Å². The molecule has 0 bridgehead atoms. The Balaban J connectivity index is 1.06. The Bertz CT molecular complexity index is 3090. The zero-order valence-corrected chi connectivity index (χ0v) is 30.9. The van der Waals surface area contributed by atoms with Crippen LogP contribution in [0.1, 0.15) is 49.9 Å². The van der Waals surface area contributed by atoms with Crippen molar-refractivity contribution >= 4 is 49.6 Å². The van der Waals surface area contributed by atoms with Crippen molar-refractivity contribution < 1.29 is 0 Å². The molecule has 3 aliphatic carbocycles. The summed E-state index contributed by atoms with van der Waals surface area (Å²) in [4.78, 5) is 2.40. The van der Waals surface area contributed by atoms with Crippen molar-refractivity contribution in [3.63, 3.8) is 0 Å². The molecule has 0 atom stereocenters. The van der Waals surface area contributed by atoms with Gasteiger partial charge in [-0.3, -0.25) is 0 Å². The monoisotopic (exact) mass is 690 g/mol. The molecular formula is C52H38N2. The minimum Gasteiger partial charge on any atom is -0.310 e. The van der Waals surface area contributed by atoms with Gasteiger partial charge in [-0.15, -0.1) is 0 Å². The second kappa shape index (κ2) is 10.2. The number of anilines is 3. The summed E-state index contributed by atoms with van der Waals surface area (Å²) in [6, 6.07) is 59.2. The summed E-state index contributed by atoms with van der Waals surface area (Å²) in [6.07, 6.45) is 0. The fourth-order valence-electron chi connectivity index (χ4n) is 10.6. The van der Waals surface area contributed by atoms with E-state index >= 15 is 0 Å². The fourth-order valence-corrected chi connectivity index (χ4v) is 10.6. The molecule has 0 unspecified atom stereocenters. The zero-order valence-electron chi connectivity index (χ0n) is 30.9. The molecule has 0 N–H and O–H groups in total. The van der Waals surface area contributed by atoms with Crippen LogP contribution in [-0.4, -0.2) is 4.57 Å². The topological polar surface area (TPSA) is 8.17 Å². The van der Waals surface area contributed by atoms with Crippen molar-refractivity contribution in [3.8, 4) is 39.1 Å². The van der Waals surface area contributed by atoms with Gasteiger partial charge in [0.1, 0.15) is 0 Å². The minimum atomic E-state index is -0.0752. The summed E-state index contributed by atoms with van der Waals surface area (Å²) in [5, 5.41) is 5.42. The molecule has 0 radical (unpaired) electrons. The van der Waals surface area contributed by atoms with E-state index in [1.807, 2.05) is 0 Å². The van der Waals surface area contributed by atoms with Gasteiger partial charge in [0.25, 0.3) is 0 Å². The molecule has 1 aromatic heterocycles. The standard InChI is InChI=1S/C52H38N2/c1-51(2)40-17-9-8-14-36(40)37-27-26-35(30-43(37)51)53(32-12-6-5-7-13-32)33-22-24-34(25-23-33)54-44-19-11-16-39-38-15-10-18-41-47(38)49-42(52(41,3)4)28-20-31-21-29-45(54)50(46(31)49)48(39)44/h5-30H,1-4H3. The molecule has 2 heteroatoms. The van der Waals surface area contributed by atoms with E-state index in [2.05, 4.69) is 195 Å². The molecule has 9 aromatic rings. The zero-order chi connectivity index (χ0) is 36.1. The Hall–Kier alpha value is -6.38. The van der Waals surface area contributed by atoms with Crippen LogP contribution in [0.5, 0.6) is 0 Å². The molecule has 54 heavy (non-hydrogen) atoms. The molecular weight excluding hydrogens is 653 g/mol. The normalized spacial score (nSPS) is 15.0. The van der Waals surface area contributed by atoms with Gasteiger partial charge in [0.15, 0.2) is 0 Å². The Morgan fingerprint density at radius 2 is 1.00 bits per heavy atom. The molecule has 0 saturated carbocycles. The van der Waals surface area contributed by atoms with Gasteiger partial charge in [-0.1, -0.05) is 125 Å². The van der Waals surface area contributed by atoms with E-state index in [1.165, 1.54) is 93.9 Å². The van der Waals surface area contributed by atoms with E-state index in [4.69, 9.17) is 0 Å². The van der Waals surface area contributed by atoms with Crippen molar-refractivity contribution in [2.24, 2.45) is 0 Å². The van der Waals surface area contributed by atoms with Crippen molar-refractivity contribution in [3.05, 3.63) is 180 Å². The third kappa shape index (κ3) is 3.66. The van der Waals surface area contributed by atoms with Gasteiger partial charge >= 0.3 is 0 Å². The van der Waals surface area contributed by atoms with Crippen LogP contribution in [0.3, 0.4) is 0 Å². The van der Waals surface area contributed by atoms with Gasteiger partial charge in [0.2, 0.25) is 0 Å². The SMILES string of the molecule is CC1(C)c2ccccc2-c2ccc(N(c3ccccc3)c3ccc(-n4c5cccc6c5c5c7c8c(ccc7ccc54)C(C)(C)c4cccc-6c4-8)cc3)cc21. The fraction of sp³-hybridized carbons (Fsp3) is 0.115. The lowest BCUT2D eigenvalue weighted by molar-refractivity contribution is 0.660. The molecule has 2 nitrogen and oxygen atoms in total. The highest BCUT2D eigenvalue weighted by atomic mass is 15.1. The predicted octanol–water partition coefficient (Wildman–Crippen LogP) is 14.0. The predicted molar refractivity (Wildman–Crippen MR) is 227 cm³/mol. The Labute approximate surface area is 315 Å². The number of hydrogen-bond acceptors (Lipinski definition) is 1. The second-order valence-corrected chi connectivity index (χ2v) is 16.5. The van der Waals surface area contributed by atoms with E-state index in [-0.39, 0.29) is 10.8 Å². The van der Waals surface area contributed by atoms with Crippen LogP contribution in [0, 0.1) is 0 Å². The van der Waals surface area contributed by atoms with Gasteiger partial charge in [-0.2, -0.15) is 0 Å². The highest BCUT2D eigenvalue weighted by Gasteiger charge is 2.40. The van der Waals surface area contributed by atoms with Crippen molar-refractivity contribution in [1.82, 2.24) is 4.57 Å². The van der Waals surface area contributed by atoms with Gasteiger partial charge in [-0.25, -0.2) is 0 Å². The maximum Gasteiger partial charge on any atom is 0.0547 e. The highest BCUT2D eigenvalue weighted by molar-refractivity contribution is 6.31. The highest BCUT2D eigenvalue weighted by Crippen LogP contribution is 2.59. The number of hydrogen-bond donors (Lipinski definition) is 0. The maximum atomic E-state index is 2.49. The van der Waals surface area contributed by atoms with Crippen LogP contribution in [0.2, 0.25) is 0 Å². The molecule has 0 amide bonds. The van der Waals surface area contributed by atoms with Gasteiger partial charge in [0, 0.05) is 44.4 Å². The molecule has 0 spiro atoms. The van der Waals surface area contributed by atoms with Crippen LogP contribution in [0.4, 0.5) is 17.1 Å². The van der Waals surface area contributed by atoms with E-state index in [9.17, 15) is 0 Å². The van der Waals surface area contributed by atoms with Crippen molar-refractivity contribution in [2.75, 3.05) is 4.90 Å². The lowest BCUT2D eigenvalue weighted by Crippen LogP contribution is -2.16. The molecule has 256 valence electrons. The van der Waals surface area contributed by atoms with Crippen molar-refractivity contribution in [1.29, 1.82) is 0 Å². The van der Waals surface area contributed by atoms with Gasteiger partial charge in [0.05, 0.1) is 11.0 Å². The largest absolute Gasteiger partial charge is 0.310 e. The first-order valence-electron chi connectivity index (χ1n) is 19.2. The molecule has 12 rings (SSSR count). The number of nitrogens with zero attached hydrogens (tertiary/aromatic N) is 2. The summed E-state index contributed by atoms with van der Waals surface area (Å²) in [5.41, 5.74) is 20.8. The van der Waals surface area contributed by atoms with E-state index < -0.39 is 0 Å². The average molecular weight is 691 g/mol. The lowest BCUT2D eigenvalue weighted by atomic mass is 9.81. The molecule has 1 heterocycles. The van der Waals surface area contributed by atoms with E-state index in [0.29, 0.717) is 0 Å². The number of aromatic nitrogens is 1. The smallest absolute Gasteiger partial charge is 0.0547 e. The first-order chi connectivity index (χ1) is 26.3. The van der Waals surface area contributed by atoms with Gasteiger partial charge < -0.3 is 9.47 Å². The summed E-state index contributed by atoms with van der Waals surface area (Å²) >= 11 is 0. The average Bonchev–Trinajstić information content (AvgIpc) is 3.71. The molecule has 8 aromatic carbocycles. The summed E-state index contributed by atoms with van der Waals surface area (Å²) in [6.45, 7) is 9.50. The molecule has 0 fully saturated rings. The first-order valence-corrected chi connectivity index (χ1v) is 19.2. The minimum absolute atomic E-state index is 0.0516. The summed E-state index contributed by atoms with van der Waals surface area (Å²) in [5.74, 6) is 0. The van der Waals surface area contributed by atoms with Crippen LogP contribution < -0.4 is 4.90 Å². The van der Waals surface area contributed by atoms with Crippen LogP contribution in [0.15, 0.2) is 158 Å². The van der Waals surface area contributed by atoms with E-state index in [1.54, 1.807) is 0 Å². The number of rotatable bonds is 4. The lowest BCUT2D eigenvalue weighted by Gasteiger charge is -2.28. The van der Waals surface area contributed by atoms with Crippen LogP contribution in [-0.2, 0) is 10.8 Å².